The van der Waals surface area contributed by atoms with Crippen LogP contribution in [0, 0.1) is 13.8 Å². The van der Waals surface area contributed by atoms with Gasteiger partial charge >= 0.3 is 0 Å². The van der Waals surface area contributed by atoms with Crippen molar-refractivity contribution in [2.24, 2.45) is 0 Å². The molecule has 33 heavy (non-hydrogen) atoms. The number of nitrogens with one attached hydrogen (secondary N) is 1. The van der Waals surface area contributed by atoms with Crippen LogP contribution in [0.25, 0.3) is 22.3 Å². The maximum atomic E-state index is 6.33. The summed E-state index contributed by atoms with van der Waals surface area (Å²) in [6.07, 6.45) is 3.95. The van der Waals surface area contributed by atoms with Crippen LogP contribution >= 0.6 is 0 Å². The van der Waals surface area contributed by atoms with Gasteiger partial charge in [-0.25, -0.2) is 9.97 Å². The number of fused-ring (bicyclic) bond motifs is 1. The van der Waals surface area contributed by atoms with Crippen LogP contribution in [0.5, 0.6) is 17.2 Å². The number of piperidine rings is 1. The molecule has 0 atom stereocenters. The Morgan fingerprint density at radius 3 is 2.52 bits per heavy atom. The third-order valence-electron chi connectivity index (χ3n) is 5.83. The quantitative estimate of drug-likeness (QED) is 0.459. The van der Waals surface area contributed by atoms with E-state index in [1.165, 1.54) is 0 Å². The van der Waals surface area contributed by atoms with E-state index in [4.69, 9.17) is 20.2 Å². The molecule has 0 radical (unpaired) electrons. The van der Waals surface area contributed by atoms with Gasteiger partial charge in [0.25, 0.3) is 0 Å². The van der Waals surface area contributed by atoms with Gasteiger partial charge in [0.2, 0.25) is 0 Å². The third-order valence-corrected chi connectivity index (χ3v) is 5.83. The first kappa shape index (κ1) is 21.2. The standard InChI is InChI=1S/C26H27N5O2/c1-16-13-18(4-8-24(16)33-21-5-3-17(2)29-15-21)26-30-23-7-6-20(14-22(23)25(27)31-26)32-19-9-11-28-12-10-19/h3-8,13-15,19,28H,9-12H2,1-2H3,(H2,27,30,31). The lowest BCUT2D eigenvalue weighted by molar-refractivity contribution is 0.162. The Morgan fingerprint density at radius 2 is 1.76 bits per heavy atom. The molecule has 7 nitrogen and oxygen atoms in total. The van der Waals surface area contributed by atoms with Gasteiger partial charge in [-0.1, -0.05) is 0 Å². The summed E-state index contributed by atoms with van der Waals surface area (Å²) in [5.41, 5.74) is 9.92. The van der Waals surface area contributed by atoms with Gasteiger partial charge in [-0.2, -0.15) is 0 Å². The molecular formula is C26H27N5O2. The zero-order valence-corrected chi connectivity index (χ0v) is 18.8. The van der Waals surface area contributed by atoms with Crippen LogP contribution in [-0.4, -0.2) is 34.1 Å². The summed E-state index contributed by atoms with van der Waals surface area (Å²) in [5, 5.41) is 4.15. The molecule has 1 saturated heterocycles. The fourth-order valence-electron chi connectivity index (χ4n) is 3.98. The number of anilines is 1. The minimum absolute atomic E-state index is 0.226. The average molecular weight is 442 g/mol. The second kappa shape index (κ2) is 9.03. The fourth-order valence-corrected chi connectivity index (χ4v) is 3.98. The molecule has 2 aromatic heterocycles. The molecule has 168 valence electrons. The highest BCUT2D eigenvalue weighted by Crippen LogP contribution is 2.31. The lowest BCUT2D eigenvalue weighted by Gasteiger charge is -2.24. The van der Waals surface area contributed by atoms with Crippen molar-refractivity contribution in [2.45, 2.75) is 32.8 Å². The van der Waals surface area contributed by atoms with Crippen LogP contribution in [0.3, 0.4) is 0 Å². The highest BCUT2D eigenvalue weighted by molar-refractivity contribution is 5.90. The van der Waals surface area contributed by atoms with Crippen molar-refractivity contribution < 1.29 is 9.47 Å². The van der Waals surface area contributed by atoms with E-state index in [0.29, 0.717) is 17.4 Å². The van der Waals surface area contributed by atoms with Crippen molar-refractivity contribution in [3.8, 4) is 28.6 Å². The summed E-state index contributed by atoms with van der Waals surface area (Å²) in [6, 6.07) is 15.5. The number of ether oxygens (including phenoxy) is 2. The Balaban J connectivity index is 1.39. The molecule has 3 heterocycles. The molecule has 2 aromatic carbocycles. The Labute approximate surface area is 193 Å². The first-order valence-electron chi connectivity index (χ1n) is 11.2. The molecule has 0 saturated carbocycles. The number of nitrogens with zero attached hydrogens (tertiary/aromatic N) is 3. The first-order valence-corrected chi connectivity index (χ1v) is 11.2. The molecule has 0 amide bonds. The van der Waals surface area contributed by atoms with Crippen molar-refractivity contribution in [3.05, 3.63) is 66.0 Å². The van der Waals surface area contributed by atoms with E-state index in [9.17, 15) is 0 Å². The number of benzene rings is 2. The predicted octanol–water partition coefficient (Wildman–Crippen LogP) is 4.81. The van der Waals surface area contributed by atoms with Gasteiger partial charge in [0, 0.05) is 16.6 Å². The average Bonchev–Trinajstić information content (AvgIpc) is 2.83. The van der Waals surface area contributed by atoms with Crippen LogP contribution in [-0.2, 0) is 0 Å². The number of hydrogen-bond donors (Lipinski definition) is 2. The highest BCUT2D eigenvalue weighted by Gasteiger charge is 2.16. The van der Waals surface area contributed by atoms with Crippen LogP contribution < -0.4 is 20.5 Å². The van der Waals surface area contributed by atoms with Gasteiger partial charge in [-0.05, 0) is 93.9 Å². The second-order valence-corrected chi connectivity index (χ2v) is 8.40. The number of pyridine rings is 1. The molecule has 0 spiro atoms. The maximum Gasteiger partial charge on any atom is 0.162 e. The lowest BCUT2D eigenvalue weighted by Crippen LogP contribution is -2.34. The van der Waals surface area contributed by atoms with Crippen LogP contribution in [0.2, 0.25) is 0 Å². The van der Waals surface area contributed by atoms with Gasteiger partial charge in [0.1, 0.15) is 29.2 Å². The van der Waals surface area contributed by atoms with Crippen molar-refractivity contribution in [1.29, 1.82) is 0 Å². The minimum Gasteiger partial charge on any atom is -0.490 e. The number of hydrogen-bond acceptors (Lipinski definition) is 7. The summed E-state index contributed by atoms with van der Waals surface area (Å²) in [6.45, 7) is 5.91. The Morgan fingerprint density at radius 1 is 0.939 bits per heavy atom. The van der Waals surface area contributed by atoms with Crippen LogP contribution in [0.4, 0.5) is 5.82 Å². The molecule has 1 fully saturated rings. The molecule has 7 heteroatoms. The highest BCUT2D eigenvalue weighted by atomic mass is 16.5. The minimum atomic E-state index is 0.226. The van der Waals surface area contributed by atoms with Crippen molar-refractivity contribution >= 4 is 16.7 Å². The van der Waals surface area contributed by atoms with E-state index in [0.717, 1.165) is 65.2 Å². The molecule has 1 aliphatic heterocycles. The number of nitrogen functional groups attached to an aromatic ring is 1. The molecule has 0 bridgehead atoms. The van der Waals surface area contributed by atoms with Crippen LogP contribution in [0.15, 0.2) is 54.7 Å². The smallest absolute Gasteiger partial charge is 0.162 e. The van der Waals surface area contributed by atoms with Crippen molar-refractivity contribution in [2.75, 3.05) is 18.8 Å². The van der Waals surface area contributed by atoms with Gasteiger partial charge < -0.3 is 20.5 Å². The van der Waals surface area contributed by atoms with Gasteiger partial charge in [0.15, 0.2) is 5.82 Å². The van der Waals surface area contributed by atoms with E-state index in [1.54, 1.807) is 6.20 Å². The number of nitrogens with two attached hydrogens (primary N) is 1. The SMILES string of the molecule is Cc1ccc(Oc2ccc(-c3nc(N)c4cc(OC5CCNCC5)ccc4n3)cc2C)cn1. The summed E-state index contributed by atoms with van der Waals surface area (Å²) < 4.78 is 12.1. The Bertz CT molecular complexity index is 1280. The largest absolute Gasteiger partial charge is 0.490 e. The summed E-state index contributed by atoms with van der Waals surface area (Å²) in [7, 11) is 0. The monoisotopic (exact) mass is 441 g/mol. The number of aryl methyl sites for hydroxylation is 2. The summed E-state index contributed by atoms with van der Waals surface area (Å²) in [4.78, 5) is 13.6. The second-order valence-electron chi connectivity index (χ2n) is 8.40. The maximum absolute atomic E-state index is 6.33. The lowest BCUT2D eigenvalue weighted by atomic mass is 10.1. The number of aromatic nitrogens is 3. The zero-order chi connectivity index (χ0) is 22.8. The van der Waals surface area contributed by atoms with E-state index < -0.39 is 0 Å². The van der Waals surface area contributed by atoms with Crippen LogP contribution in [0.1, 0.15) is 24.1 Å². The normalized spacial score (nSPS) is 14.4. The summed E-state index contributed by atoms with van der Waals surface area (Å²) >= 11 is 0. The fraction of sp³-hybridized carbons (Fsp3) is 0.269. The molecule has 5 rings (SSSR count). The van der Waals surface area contributed by atoms with E-state index in [2.05, 4.69) is 15.3 Å². The molecule has 0 unspecified atom stereocenters. The van der Waals surface area contributed by atoms with Crippen molar-refractivity contribution in [3.63, 3.8) is 0 Å². The Hall–Kier alpha value is -3.71. The van der Waals surface area contributed by atoms with Gasteiger partial charge in [0.05, 0.1) is 11.7 Å². The van der Waals surface area contributed by atoms with Crippen molar-refractivity contribution in [1.82, 2.24) is 20.3 Å². The third kappa shape index (κ3) is 4.73. The van der Waals surface area contributed by atoms with Gasteiger partial charge in [-0.3, -0.25) is 4.98 Å². The molecule has 1 aliphatic rings. The van der Waals surface area contributed by atoms with E-state index in [1.807, 2.05) is 62.4 Å². The van der Waals surface area contributed by atoms with E-state index in [-0.39, 0.29) is 6.10 Å². The zero-order valence-electron chi connectivity index (χ0n) is 18.8. The molecular weight excluding hydrogens is 414 g/mol. The molecule has 0 aliphatic carbocycles. The van der Waals surface area contributed by atoms with Gasteiger partial charge in [-0.15, -0.1) is 0 Å². The molecule has 4 aromatic rings. The predicted molar refractivity (Wildman–Crippen MR) is 130 cm³/mol. The first-order chi connectivity index (χ1) is 16.0. The summed E-state index contributed by atoms with van der Waals surface area (Å²) in [5.74, 6) is 3.29. The molecule has 3 N–H and O–H groups in total. The van der Waals surface area contributed by atoms with E-state index >= 15 is 0 Å². The number of rotatable bonds is 5. The topological polar surface area (TPSA) is 95.2 Å². The Kier molecular flexibility index (Phi) is 5.79.